The molecule has 6 atom stereocenters. The molecular weight excluding hydrogens is 352 g/mol. The molecule has 1 N–H and O–H groups in total. The molecule has 2 aliphatic carbocycles. The average Bonchev–Trinajstić information content (AvgIpc) is 3.20. The number of fused-ring (bicyclic) bond motifs is 5. The van der Waals surface area contributed by atoms with E-state index in [4.69, 9.17) is 14.2 Å². The number of ketones is 1. The minimum absolute atomic E-state index is 0.124. The van der Waals surface area contributed by atoms with Gasteiger partial charge in [-0.3, -0.25) is 4.79 Å². The van der Waals surface area contributed by atoms with Gasteiger partial charge in [-0.2, -0.15) is 0 Å². The molecule has 2 aliphatic heterocycles. The number of epoxide rings is 1. The summed E-state index contributed by atoms with van der Waals surface area (Å²) in [7, 11) is 0. The van der Waals surface area contributed by atoms with Gasteiger partial charge in [0.15, 0.2) is 17.5 Å². The number of carbonyl (C=O) groups excluding carboxylic acids is 3. The maximum Gasteiger partial charge on any atom is 0.334 e. The molecule has 0 amide bonds. The van der Waals surface area contributed by atoms with Crippen molar-refractivity contribution in [1.29, 1.82) is 0 Å². The van der Waals surface area contributed by atoms with E-state index in [-0.39, 0.29) is 23.4 Å². The lowest BCUT2D eigenvalue weighted by Crippen LogP contribution is -2.56. The highest BCUT2D eigenvalue weighted by Gasteiger charge is 2.82. The van der Waals surface area contributed by atoms with Crippen LogP contribution in [0.25, 0.3) is 0 Å². The van der Waals surface area contributed by atoms with Gasteiger partial charge in [0.05, 0.1) is 5.92 Å². The Labute approximate surface area is 156 Å². The molecule has 7 heteroatoms. The summed E-state index contributed by atoms with van der Waals surface area (Å²) in [6.45, 7) is 10.5. The summed E-state index contributed by atoms with van der Waals surface area (Å²) in [5.74, 6) is -2.26. The molecule has 0 bridgehead atoms. The summed E-state index contributed by atoms with van der Waals surface area (Å²) in [6.07, 6.45) is -0.805. The number of hydrogen-bond donors (Lipinski definition) is 1. The monoisotopic (exact) mass is 374 g/mol. The first-order valence-corrected chi connectivity index (χ1v) is 8.96. The second-order valence-corrected chi connectivity index (χ2v) is 7.89. The zero-order chi connectivity index (χ0) is 19.9. The fourth-order valence-electron chi connectivity index (χ4n) is 4.67. The zero-order valence-electron chi connectivity index (χ0n) is 15.7. The molecule has 0 aromatic heterocycles. The Morgan fingerprint density at radius 3 is 2.70 bits per heavy atom. The molecule has 0 spiro atoms. The van der Waals surface area contributed by atoms with E-state index in [1.807, 2.05) is 0 Å². The van der Waals surface area contributed by atoms with Crippen molar-refractivity contribution in [3.63, 3.8) is 0 Å². The van der Waals surface area contributed by atoms with Crippen molar-refractivity contribution >= 4 is 17.7 Å². The summed E-state index contributed by atoms with van der Waals surface area (Å²) in [5, 5.41) is 11.6. The Balaban J connectivity index is 1.83. The molecule has 2 saturated heterocycles. The zero-order valence-corrected chi connectivity index (χ0v) is 15.7. The van der Waals surface area contributed by atoms with E-state index >= 15 is 0 Å². The first-order valence-electron chi connectivity index (χ1n) is 8.96. The molecule has 0 radical (unpaired) electrons. The first-order chi connectivity index (χ1) is 12.6. The van der Waals surface area contributed by atoms with Gasteiger partial charge in [-0.05, 0) is 27.7 Å². The number of allylic oxidation sites excluding steroid dienone is 1. The lowest BCUT2D eigenvalue weighted by atomic mass is 9.76. The van der Waals surface area contributed by atoms with Crippen molar-refractivity contribution in [2.24, 2.45) is 5.92 Å². The number of rotatable bonds is 2. The molecule has 4 rings (SSSR count). The van der Waals surface area contributed by atoms with Gasteiger partial charge in [-0.1, -0.05) is 18.2 Å². The summed E-state index contributed by atoms with van der Waals surface area (Å²) < 4.78 is 16.6. The summed E-state index contributed by atoms with van der Waals surface area (Å²) in [6, 6.07) is 0. The molecule has 4 aliphatic rings. The minimum atomic E-state index is -1.80. The van der Waals surface area contributed by atoms with Crippen molar-refractivity contribution < 1.29 is 33.7 Å². The number of Topliss-reactive ketones (excluding diaryl/α,β-unsaturated/α-hetero) is 1. The fraction of sp³-hybridized carbons (Fsp3) is 0.550. The van der Waals surface area contributed by atoms with Gasteiger partial charge in [0.25, 0.3) is 0 Å². The Morgan fingerprint density at radius 2 is 2.07 bits per heavy atom. The Hall–Kier alpha value is -2.25. The van der Waals surface area contributed by atoms with E-state index in [1.54, 1.807) is 33.8 Å². The molecule has 0 aromatic carbocycles. The van der Waals surface area contributed by atoms with Crippen molar-refractivity contribution in [1.82, 2.24) is 0 Å². The first kappa shape index (κ1) is 18.1. The maximum atomic E-state index is 12.8. The number of carbonyl (C=O) groups is 3. The van der Waals surface area contributed by atoms with Crippen molar-refractivity contribution in [2.45, 2.75) is 63.6 Å². The largest absolute Gasteiger partial charge is 0.458 e. The molecule has 27 heavy (non-hydrogen) atoms. The molecule has 1 saturated carbocycles. The van der Waals surface area contributed by atoms with Gasteiger partial charge in [-0.25, -0.2) is 9.59 Å². The van der Waals surface area contributed by atoms with Crippen LogP contribution >= 0.6 is 0 Å². The lowest BCUT2D eigenvalue weighted by molar-refractivity contribution is -0.163. The van der Waals surface area contributed by atoms with Crippen molar-refractivity contribution in [2.75, 3.05) is 0 Å². The highest BCUT2D eigenvalue weighted by Crippen LogP contribution is 2.62. The van der Waals surface area contributed by atoms with E-state index in [0.29, 0.717) is 11.1 Å². The quantitative estimate of drug-likeness (QED) is 0.439. The van der Waals surface area contributed by atoms with Gasteiger partial charge in [0, 0.05) is 23.1 Å². The van der Waals surface area contributed by atoms with Crippen LogP contribution in [0.3, 0.4) is 0 Å². The minimum Gasteiger partial charge on any atom is -0.458 e. The van der Waals surface area contributed by atoms with Crippen LogP contribution in [0, 0.1) is 5.92 Å². The van der Waals surface area contributed by atoms with E-state index in [0.717, 1.165) is 0 Å². The molecule has 0 aromatic rings. The third-order valence-electron chi connectivity index (χ3n) is 6.41. The van der Waals surface area contributed by atoms with Crippen LogP contribution in [-0.4, -0.2) is 52.3 Å². The molecule has 144 valence electrons. The molecule has 6 unspecified atom stereocenters. The van der Waals surface area contributed by atoms with Crippen LogP contribution in [0.5, 0.6) is 0 Å². The molecular formula is C20H22O7. The van der Waals surface area contributed by atoms with Gasteiger partial charge in [0.1, 0.15) is 17.8 Å². The maximum absolute atomic E-state index is 12.8. The van der Waals surface area contributed by atoms with Crippen LogP contribution in [-0.2, 0) is 28.6 Å². The van der Waals surface area contributed by atoms with Crippen LogP contribution in [0.4, 0.5) is 0 Å². The van der Waals surface area contributed by atoms with Crippen LogP contribution in [0.2, 0.25) is 0 Å². The highest BCUT2D eigenvalue weighted by atomic mass is 16.6. The summed E-state index contributed by atoms with van der Waals surface area (Å²) in [5.41, 5.74) is -1.60. The Kier molecular flexibility index (Phi) is 3.62. The van der Waals surface area contributed by atoms with Crippen molar-refractivity contribution in [3.8, 4) is 0 Å². The number of aliphatic hydroxyl groups is 1. The van der Waals surface area contributed by atoms with Crippen LogP contribution in [0.15, 0.2) is 34.9 Å². The van der Waals surface area contributed by atoms with Gasteiger partial charge in [-0.15, -0.1) is 0 Å². The second-order valence-electron chi connectivity index (χ2n) is 7.89. The number of esters is 2. The third kappa shape index (κ3) is 2.07. The fourth-order valence-corrected chi connectivity index (χ4v) is 4.67. The van der Waals surface area contributed by atoms with Crippen LogP contribution < -0.4 is 0 Å². The summed E-state index contributed by atoms with van der Waals surface area (Å²) in [4.78, 5) is 37.4. The smallest absolute Gasteiger partial charge is 0.334 e. The van der Waals surface area contributed by atoms with Gasteiger partial charge in [0.2, 0.25) is 0 Å². The van der Waals surface area contributed by atoms with E-state index in [2.05, 4.69) is 6.58 Å². The molecule has 7 nitrogen and oxygen atoms in total. The normalized spacial score (nSPS) is 43.0. The van der Waals surface area contributed by atoms with Crippen molar-refractivity contribution in [3.05, 3.63) is 34.9 Å². The van der Waals surface area contributed by atoms with Crippen LogP contribution in [0.1, 0.15) is 34.1 Å². The second kappa shape index (κ2) is 5.39. The molecule has 3 fully saturated rings. The summed E-state index contributed by atoms with van der Waals surface area (Å²) >= 11 is 0. The molecule has 2 heterocycles. The van der Waals surface area contributed by atoms with Gasteiger partial charge >= 0.3 is 11.9 Å². The van der Waals surface area contributed by atoms with E-state index in [9.17, 15) is 19.5 Å². The highest BCUT2D eigenvalue weighted by molar-refractivity contribution is 6.09. The number of ether oxygens (including phenoxy) is 3. The Morgan fingerprint density at radius 1 is 1.41 bits per heavy atom. The van der Waals surface area contributed by atoms with E-state index in [1.165, 1.54) is 0 Å². The number of hydrogen-bond acceptors (Lipinski definition) is 7. The Bertz CT molecular complexity index is 866. The standard InChI is InChI=1S/C20H22O7/c1-6-8(2)17(22)25-11-7-9(3)13-14(21)16-19(5,27-16)20(13,24)15-12(11)10(4)18(23)26-15/h6,11-12,15-16,24H,4,7H2,1-3,5H3/b8-6+. The predicted octanol–water partition coefficient (Wildman–Crippen LogP) is 1.15. The van der Waals surface area contributed by atoms with E-state index < -0.39 is 47.4 Å². The predicted molar refractivity (Wildman–Crippen MR) is 92.4 cm³/mol. The lowest BCUT2D eigenvalue weighted by Gasteiger charge is -2.37. The average molecular weight is 374 g/mol. The SMILES string of the molecule is C=C1C(=O)OC2C1C(OC(=O)/C(C)=C/C)CC(C)=C1C(=O)C3OC3(C)C12O. The van der Waals surface area contributed by atoms with Gasteiger partial charge < -0.3 is 19.3 Å². The topological polar surface area (TPSA) is 102 Å². The third-order valence-corrected chi connectivity index (χ3v) is 6.41.